The second-order valence-electron chi connectivity index (χ2n) is 4.04. The Kier molecular flexibility index (Phi) is 3.88. The molecule has 1 heterocycles. The quantitative estimate of drug-likeness (QED) is 0.844. The van der Waals surface area contributed by atoms with Crippen LogP contribution in [0.1, 0.15) is 18.3 Å². The van der Waals surface area contributed by atoms with Gasteiger partial charge >= 0.3 is 0 Å². The van der Waals surface area contributed by atoms with Crippen LogP contribution >= 0.6 is 0 Å². The highest BCUT2D eigenvalue weighted by Gasteiger charge is 2.16. The molecule has 1 atom stereocenters. The lowest BCUT2D eigenvalue weighted by Gasteiger charge is -2.04. The summed E-state index contributed by atoms with van der Waals surface area (Å²) >= 11 is 0. The number of benzene rings is 1. The first-order valence-corrected chi connectivity index (χ1v) is 5.70. The Morgan fingerprint density at radius 3 is 3.00 bits per heavy atom. The van der Waals surface area contributed by atoms with Crippen LogP contribution in [0.2, 0.25) is 0 Å². The van der Waals surface area contributed by atoms with Gasteiger partial charge < -0.3 is 9.26 Å². The predicted molar refractivity (Wildman–Crippen MR) is 64.6 cm³/mol. The maximum atomic E-state index is 13.5. The van der Waals surface area contributed by atoms with E-state index in [1.54, 1.807) is 19.2 Å². The summed E-state index contributed by atoms with van der Waals surface area (Å²) in [6.07, 6.45) is 0.436. The van der Waals surface area contributed by atoms with E-state index in [-0.39, 0.29) is 17.6 Å². The van der Waals surface area contributed by atoms with Crippen LogP contribution in [0, 0.1) is 17.1 Å². The zero-order valence-electron chi connectivity index (χ0n) is 10.6. The van der Waals surface area contributed by atoms with E-state index in [0.29, 0.717) is 17.8 Å². The summed E-state index contributed by atoms with van der Waals surface area (Å²) in [6.45, 7) is 1.87. The fraction of sp³-hybridized carbons (Fsp3) is 0.308. The van der Waals surface area contributed by atoms with Crippen LogP contribution in [-0.2, 0) is 11.2 Å². The van der Waals surface area contributed by atoms with E-state index in [4.69, 9.17) is 14.5 Å². The standard InChI is InChI=1S/C13H12FN3O2/c1-8(18-2)6-12-16-13(19-17-12)9-4-3-5-11(14)10(9)7-15/h3-5,8H,6H2,1-2H3. The molecule has 2 aromatic rings. The van der Waals surface area contributed by atoms with E-state index in [1.165, 1.54) is 12.1 Å². The predicted octanol–water partition coefficient (Wildman–Crippen LogP) is 2.32. The van der Waals surface area contributed by atoms with Gasteiger partial charge in [-0.3, -0.25) is 0 Å². The molecule has 0 saturated carbocycles. The third-order valence-electron chi connectivity index (χ3n) is 2.70. The first kappa shape index (κ1) is 13.2. The summed E-state index contributed by atoms with van der Waals surface area (Å²) < 4.78 is 23.6. The van der Waals surface area contributed by atoms with Gasteiger partial charge in [-0.05, 0) is 19.1 Å². The largest absolute Gasteiger partial charge is 0.381 e. The van der Waals surface area contributed by atoms with Gasteiger partial charge in [-0.2, -0.15) is 10.2 Å². The summed E-state index contributed by atoms with van der Waals surface area (Å²) in [4.78, 5) is 4.14. The fourth-order valence-corrected chi connectivity index (χ4v) is 1.60. The lowest BCUT2D eigenvalue weighted by atomic mass is 10.1. The number of nitriles is 1. The Labute approximate surface area is 109 Å². The molecule has 0 amide bonds. The number of methoxy groups -OCH3 is 1. The molecule has 1 unspecified atom stereocenters. The normalized spacial score (nSPS) is 12.1. The molecule has 2 rings (SSSR count). The van der Waals surface area contributed by atoms with Crippen LogP contribution in [0.25, 0.3) is 11.5 Å². The molecule has 5 nitrogen and oxygen atoms in total. The number of hydrogen-bond acceptors (Lipinski definition) is 5. The molecule has 0 spiro atoms. The van der Waals surface area contributed by atoms with Gasteiger partial charge in [-0.1, -0.05) is 11.2 Å². The summed E-state index contributed by atoms with van der Waals surface area (Å²) in [5.41, 5.74) is 0.198. The molecule has 0 radical (unpaired) electrons. The minimum absolute atomic E-state index is 0.0478. The molecule has 1 aromatic carbocycles. The van der Waals surface area contributed by atoms with Crippen molar-refractivity contribution in [2.24, 2.45) is 0 Å². The number of aromatic nitrogens is 2. The summed E-state index contributed by atoms with van der Waals surface area (Å²) in [6, 6.07) is 6.07. The SMILES string of the molecule is COC(C)Cc1noc(-c2cccc(F)c2C#N)n1. The maximum Gasteiger partial charge on any atom is 0.259 e. The van der Waals surface area contributed by atoms with Gasteiger partial charge in [0.05, 0.1) is 11.7 Å². The third kappa shape index (κ3) is 2.77. The van der Waals surface area contributed by atoms with Crippen molar-refractivity contribution in [3.05, 3.63) is 35.4 Å². The Morgan fingerprint density at radius 2 is 2.32 bits per heavy atom. The molecular formula is C13H12FN3O2. The van der Waals surface area contributed by atoms with Crippen LogP contribution < -0.4 is 0 Å². The van der Waals surface area contributed by atoms with Crippen LogP contribution in [0.4, 0.5) is 4.39 Å². The first-order chi connectivity index (χ1) is 9.15. The molecule has 0 aliphatic heterocycles. The highest BCUT2D eigenvalue weighted by Crippen LogP contribution is 2.23. The molecular weight excluding hydrogens is 249 g/mol. The van der Waals surface area contributed by atoms with Gasteiger partial charge in [0.15, 0.2) is 5.82 Å². The van der Waals surface area contributed by atoms with Crippen LogP contribution in [0.15, 0.2) is 22.7 Å². The number of halogens is 1. The van der Waals surface area contributed by atoms with E-state index in [0.717, 1.165) is 0 Å². The number of ether oxygens (including phenoxy) is 1. The molecule has 0 bridgehead atoms. The van der Waals surface area contributed by atoms with Crippen LogP contribution in [-0.4, -0.2) is 23.4 Å². The van der Waals surface area contributed by atoms with Crippen LogP contribution in [0.3, 0.4) is 0 Å². The minimum atomic E-state index is -0.606. The van der Waals surface area contributed by atoms with Crippen molar-refractivity contribution in [1.82, 2.24) is 10.1 Å². The average Bonchev–Trinajstić information content (AvgIpc) is 2.86. The average molecular weight is 261 g/mol. The van der Waals surface area contributed by atoms with E-state index in [1.807, 2.05) is 6.92 Å². The second-order valence-corrected chi connectivity index (χ2v) is 4.04. The number of hydrogen-bond donors (Lipinski definition) is 0. The molecule has 1 aromatic heterocycles. The van der Waals surface area contributed by atoms with Gasteiger partial charge in [0.25, 0.3) is 5.89 Å². The van der Waals surface area contributed by atoms with Crippen molar-refractivity contribution in [3.8, 4) is 17.5 Å². The van der Waals surface area contributed by atoms with Crippen molar-refractivity contribution in [2.75, 3.05) is 7.11 Å². The van der Waals surface area contributed by atoms with Crippen molar-refractivity contribution < 1.29 is 13.7 Å². The van der Waals surface area contributed by atoms with Gasteiger partial charge in [0.2, 0.25) is 0 Å². The molecule has 0 fully saturated rings. The topological polar surface area (TPSA) is 71.9 Å². The van der Waals surface area contributed by atoms with E-state index in [2.05, 4.69) is 10.1 Å². The molecule has 0 N–H and O–H groups in total. The second kappa shape index (κ2) is 5.59. The smallest absolute Gasteiger partial charge is 0.259 e. The van der Waals surface area contributed by atoms with Crippen LogP contribution in [0.5, 0.6) is 0 Å². The van der Waals surface area contributed by atoms with E-state index < -0.39 is 5.82 Å². The summed E-state index contributed by atoms with van der Waals surface area (Å²) in [5.74, 6) is -0.0168. The number of rotatable bonds is 4. The summed E-state index contributed by atoms with van der Waals surface area (Å²) in [5, 5.41) is 12.7. The van der Waals surface area contributed by atoms with Crippen molar-refractivity contribution >= 4 is 0 Å². The Balaban J connectivity index is 2.34. The van der Waals surface area contributed by atoms with E-state index >= 15 is 0 Å². The zero-order chi connectivity index (χ0) is 13.8. The molecule has 19 heavy (non-hydrogen) atoms. The molecule has 98 valence electrons. The third-order valence-corrected chi connectivity index (χ3v) is 2.70. The van der Waals surface area contributed by atoms with Gasteiger partial charge in [-0.25, -0.2) is 4.39 Å². The monoisotopic (exact) mass is 261 g/mol. The maximum absolute atomic E-state index is 13.5. The van der Waals surface area contributed by atoms with Gasteiger partial charge in [-0.15, -0.1) is 0 Å². The Hall–Kier alpha value is -2.26. The fourth-order valence-electron chi connectivity index (χ4n) is 1.60. The molecule has 0 aliphatic carbocycles. The Bertz CT molecular complexity index is 619. The number of nitrogens with zero attached hydrogens (tertiary/aromatic N) is 3. The zero-order valence-corrected chi connectivity index (χ0v) is 10.6. The lowest BCUT2D eigenvalue weighted by molar-refractivity contribution is 0.116. The van der Waals surface area contributed by atoms with Crippen molar-refractivity contribution in [3.63, 3.8) is 0 Å². The van der Waals surface area contributed by atoms with Gasteiger partial charge in [0, 0.05) is 13.5 Å². The summed E-state index contributed by atoms with van der Waals surface area (Å²) in [7, 11) is 1.59. The molecule has 0 saturated heterocycles. The minimum Gasteiger partial charge on any atom is -0.381 e. The lowest BCUT2D eigenvalue weighted by Crippen LogP contribution is -2.09. The Morgan fingerprint density at radius 1 is 1.53 bits per heavy atom. The molecule has 0 aliphatic rings. The van der Waals surface area contributed by atoms with Crippen molar-refractivity contribution in [1.29, 1.82) is 5.26 Å². The first-order valence-electron chi connectivity index (χ1n) is 5.70. The van der Waals surface area contributed by atoms with E-state index in [9.17, 15) is 4.39 Å². The van der Waals surface area contributed by atoms with Gasteiger partial charge in [0.1, 0.15) is 17.4 Å². The molecule has 6 heteroatoms. The highest BCUT2D eigenvalue weighted by molar-refractivity contribution is 5.63. The highest BCUT2D eigenvalue weighted by atomic mass is 19.1. The van der Waals surface area contributed by atoms with Crippen molar-refractivity contribution in [2.45, 2.75) is 19.4 Å².